The Balaban J connectivity index is 2.34. The molecule has 0 aliphatic heterocycles. The summed E-state index contributed by atoms with van der Waals surface area (Å²) in [5, 5.41) is 3.26. The zero-order chi connectivity index (χ0) is 12.3. The zero-order valence-electron chi connectivity index (χ0n) is 9.24. The third kappa shape index (κ3) is 2.64. The lowest BCUT2D eigenvalue weighted by atomic mass is 10.3. The fourth-order valence-corrected chi connectivity index (χ4v) is 1.93. The van der Waals surface area contributed by atoms with Gasteiger partial charge in [-0.25, -0.2) is 15.8 Å². The van der Waals surface area contributed by atoms with Crippen LogP contribution in [-0.2, 0) is 0 Å². The van der Waals surface area contributed by atoms with Crippen molar-refractivity contribution >= 4 is 39.9 Å². The van der Waals surface area contributed by atoms with Crippen molar-refractivity contribution in [2.24, 2.45) is 5.84 Å². The van der Waals surface area contributed by atoms with Gasteiger partial charge in [-0.1, -0.05) is 12.1 Å². The number of hydrazine groups is 1. The highest BCUT2D eigenvalue weighted by Crippen LogP contribution is 2.24. The van der Waals surface area contributed by atoms with Gasteiger partial charge in [0.2, 0.25) is 0 Å². The summed E-state index contributed by atoms with van der Waals surface area (Å²) in [6.07, 6.45) is 1.47. The van der Waals surface area contributed by atoms with E-state index in [0.29, 0.717) is 5.82 Å². The second-order valence-electron chi connectivity index (χ2n) is 3.45. The normalized spacial score (nSPS) is 10.1. The number of hydrogen-bond donors (Lipinski definition) is 3. The molecule has 0 saturated carbocycles. The van der Waals surface area contributed by atoms with Crippen molar-refractivity contribution in [2.75, 3.05) is 10.7 Å². The van der Waals surface area contributed by atoms with Gasteiger partial charge in [0.15, 0.2) is 0 Å². The summed E-state index contributed by atoms with van der Waals surface area (Å²) in [4.78, 5) is 8.23. The lowest BCUT2D eigenvalue weighted by Crippen LogP contribution is -2.11. The second kappa shape index (κ2) is 5.28. The van der Waals surface area contributed by atoms with Crippen LogP contribution < -0.4 is 16.6 Å². The molecule has 1 aromatic carbocycles. The lowest BCUT2D eigenvalue weighted by Gasteiger charge is -2.11. The van der Waals surface area contributed by atoms with E-state index in [0.717, 1.165) is 20.6 Å². The monoisotopic (exact) mass is 341 g/mol. The van der Waals surface area contributed by atoms with Crippen molar-refractivity contribution in [1.82, 2.24) is 9.97 Å². The average Bonchev–Trinajstić information content (AvgIpc) is 2.34. The standard InChI is InChI=1S/C11H12IN5/c1-7-10(14-6-15-11(7)17-13)16-9-5-3-2-4-8(9)12/h2-6H,13H2,1H3,(H2,14,15,16,17). The topological polar surface area (TPSA) is 75.9 Å². The predicted octanol–water partition coefficient (Wildman–Crippen LogP) is 2.42. The number of rotatable bonds is 3. The maximum Gasteiger partial charge on any atom is 0.148 e. The fraction of sp³-hybridized carbons (Fsp3) is 0.0909. The number of benzene rings is 1. The van der Waals surface area contributed by atoms with E-state index in [1.54, 1.807) is 0 Å². The van der Waals surface area contributed by atoms with E-state index in [9.17, 15) is 0 Å². The minimum absolute atomic E-state index is 0.619. The molecule has 0 fully saturated rings. The molecule has 2 rings (SSSR count). The van der Waals surface area contributed by atoms with Crippen LogP contribution in [0, 0.1) is 10.5 Å². The highest BCUT2D eigenvalue weighted by atomic mass is 127. The summed E-state index contributed by atoms with van der Waals surface area (Å²) in [5.74, 6) is 6.74. The Morgan fingerprint density at radius 1 is 1.18 bits per heavy atom. The second-order valence-corrected chi connectivity index (χ2v) is 4.61. The molecule has 0 spiro atoms. The molecule has 0 atom stereocenters. The third-order valence-electron chi connectivity index (χ3n) is 2.35. The van der Waals surface area contributed by atoms with Crippen molar-refractivity contribution in [3.8, 4) is 0 Å². The molecule has 0 aliphatic rings. The molecule has 0 radical (unpaired) electrons. The largest absolute Gasteiger partial charge is 0.339 e. The Labute approximate surface area is 113 Å². The third-order valence-corrected chi connectivity index (χ3v) is 3.29. The first-order valence-electron chi connectivity index (χ1n) is 5.02. The molecule has 5 nitrogen and oxygen atoms in total. The van der Waals surface area contributed by atoms with Crippen LogP contribution in [0.15, 0.2) is 30.6 Å². The first-order chi connectivity index (χ1) is 8.22. The molecule has 1 aromatic heterocycles. The van der Waals surface area contributed by atoms with Gasteiger partial charge in [-0.3, -0.25) is 0 Å². The van der Waals surface area contributed by atoms with E-state index in [4.69, 9.17) is 5.84 Å². The van der Waals surface area contributed by atoms with Crippen LogP contribution in [0.3, 0.4) is 0 Å². The van der Waals surface area contributed by atoms with Crippen LogP contribution in [0.5, 0.6) is 0 Å². The first-order valence-corrected chi connectivity index (χ1v) is 6.10. The van der Waals surface area contributed by atoms with Crippen molar-refractivity contribution in [3.63, 3.8) is 0 Å². The van der Waals surface area contributed by atoms with E-state index >= 15 is 0 Å². The number of aromatic nitrogens is 2. The van der Waals surface area contributed by atoms with Crippen molar-refractivity contribution in [2.45, 2.75) is 6.92 Å². The smallest absolute Gasteiger partial charge is 0.148 e. The molecule has 0 bridgehead atoms. The Morgan fingerprint density at radius 2 is 1.88 bits per heavy atom. The minimum atomic E-state index is 0.619. The van der Waals surface area contributed by atoms with Crippen LogP contribution in [-0.4, -0.2) is 9.97 Å². The van der Waals surface area contributed by atoms with E-state index in [2.05, 4.69) is 43.3 Å². The van der Waals surface area contributed by atoms with Gasteiger partial charge in [0.05, 0.1) is 5.69 Å². The van der Waals surface area contributed by atoms with Crippen LogP contribution in [0.1, 0.15) is 5.56 Å². The molecule has 1 heterocycles. The van der Waals surface area contributed by atoms with E-state index in [-0.39, 0.29) is 0 Å². The Bertz CT molecular complexity index is 529. The first kappa shape index (κ1) is 12.1. The van der Waals surface area contributed by atoms with Gasteiger partial charge in [0, 0.05) is 9.13 Å². The summed E-state index contributed by atoms with van der Waals surface area (Å²) < 4.78 is 1.13. The van der Waals surface area contributed by atoms with Crippen molar-refractivity contribution in [3.05, 3.63) is 39.7 Å². The predicted molar refractivity (Wildman–Crippen MR) is 77.0 cm³/mol. The molecule has 0 aliphatic carbocycles. The number of nitrogen functional groups attached to an aromatic ring is 1. The summed E-state index contributed by atoms with van der Waals surface area (Å²) in [7, 11) is 0. The maximum absolute atomic E-state index is 5.37. The van der Waals surface area contributed by atoms with Crippen molar-refractivity contribution < 1.29 is 0 Å². The summed E-state index contributed by atoms with van der Waals surface area (Å²) >= 11 is 2.27. The van der Waals surface area contributed by atoms with Gasteiger partial charge >= 0.3 is 0 Å². The molecular formula is C11H12IN5. The van der Waals surface area contributed by atoms with Crippen LogP contribution in [0.2, 0.25) is 0 Å². The minimum Gasteiger partial charge on any atom is -0.339 e. The van der Waals surface area contributed by atoms with Crippen LogP contribution in [0.4, 0.5) is 17.3 Å². The molecular weight excluding hydrogens is 329 g/mol. The Morgan fingerprint density at radius 3 is 2.59 bits per heavy atom. The highest BCUT2D eigenvalue weighted by molar-refractivity contribution is 14.1. The van der Waals surface area contributed by atoms with Crippen LogP contribution in [0.25, 0.3) is 0 Å². The average molecular weight is 341 g/mol. The molecule has 6 heteroatoms. The van der Waals surface area contributed by atoms with Crippen LogP contribution >= 0.6 is 22.6 Å². The molecule has 4 N–H and O–H groups in total. The summed E-state index contributed by atoms with van der Waals surface area (Å²) in [6.45, 7) is 1.91. The van der Waals surface area contributed by atoms with E-state index in [1.807, 2.05) is 31.2 Å². The molecule has 0 saturated heterocycles. The van der Waals surface area contributed by atoms with E-state index in [1.165, 1.54) is 6.33 Å². The maximum atomic E-state index is 5.37. The zero-order valence-corrected chi connectivity index (χ0v) is 11.4. The Kier molecular flexibility index (Phi) is 3.75. The van der Waals surface area contributed by atoms with Gasteiger partial charge in [-0.15, -0.1) is 0 Å². The number of hydrogen-bond acceptors (Lipinski definition) is 5. The van der Waals surface area contributed by atoms with Gasteiger partial charge in [0.25, 0.3) is 0 Å². The Hall–Kier alpha value is -1.41. The van der Waals surface area contributed by atoms with Gasteiger partial charge in [0.1, 0.15) is 18.0 Å². The molecule has 0 amide bonds. The number of nitrogens with two attached hydrogens (primary N) is 1. The molecule has 17 heavy (non-hydrogen) atoms. The van der Waals surface area contributed by atoms with Gasteiger partial charge in [-0.05, 0) is 41.6 Å². The van der Waals surface area contributed by atoms with Gasteiger partial charge < -0.3 is 10.7 Å². The lowest BCUT2D eigenvalue weighted by molar-refractivity contribution is 1.10. The van der Waals surface area contributed by atoms with Gasteiger partial charge in [-0.2, -0.15) is 0 Å². The van der Waals surface area contributed by atoms with E-state index < -0.39 is 0 Å². The number of nitrogens with one attached hydrogen (secondary N) is 2. The SMILES string of the molecule is Cc1c(NN)ncnc1Nc1ccccc1I. The summed E-state index contributed by atoms with van der Waals surface area (Å²) in [6, 6.07) is 8.00. The number of anilines is 3. The number of halogens is 1. The molecule has 88 valence electrons. The number of para-hydroxylation sites is 1. The quantitative estimate of drug-likeness (QED) is 0.454. The highest BCUT2D eigenvalue weighted by Gasteiger charge is 2.07. The number of nitrogens with zero attached hydrogens (tertiary/aromatic N) is 2. The molecule has 2 aromatic rings. The fourth-order valence-electron chi connectivity index (χ4n) is 1.41. The molecule has 0 unspecified atom stereocenters. The summed E-state index contributed by atoms with van der Waals surface area (Å²) in [5.41, 5.74) is 4.44. The van der Waals surface area contributed by atoms with Crippen molar-refractivity contribution in [1.29, 1.82) is 0 Å².